The van der Waals surface area contributed by atoms with Crippen molar-refractivity contribution in [1.29, 1.82) is 0 Å². The van der Waals surface area contributed by atoms with Gasteiger partial charge in [0.25, 0.3) is 0 Å². The number of amides is 1. The first-order valence-corrected chi connectivity index (χ1v) is 9.03. The van der Waals surface area contributed by atoms with Crippen LogP contribution in [0.5, 0.6) is 0 Å². The number of halogens is 1. The highest BCUT2D eigenvalue weighted by molar-refractivity contribution is 6.30. The lowest BCUT2D eigenvalue weighted by Gasteiger charge is -2.06. The van der Waals surface area contributed by atoms with Crippen LogP contribution in [0, 0.1) is 0 Å². The molecule has 28 heavy (non-hydrogen) atoms. The number of ether oxygens (including phenoxy) is 1. The zero-order valence-electron chi connectivity index (χ0n) is 14.9. The highest BCUT2D eigenvalue weighted by Crippen LogP contribution is 2.18. The fourth-order valence-corrected chi connectivity index (χ4v) is 2.47. The fraction of sp³-hybridized carbons (Fsp3) is 0.200. The zero-order valence-corrected chi connectivity index (χ0v) is 15.7. The minimum atomic E-state index is -0.500. The molecule has 8 heteroatoms. The molecule has 0 aliphatic heterocycles. The maximum absolute atomic E-state index is 11.9. The Morgan fingerprint density at radius 1 is 1.07 bits per heavy atom. The van der Waals surface area contributed by atoms with Crippen LogP contribution in [0.4, 0.5) is 0 Å². The first kappa shape index (κ1) is 19.6. The SMILES string of the molecule is O=C(CCc1nc(-c2ccc(Cl)cc2)no1)NCC(=O)OCc1ccccc1. The molecule has 1 aromatic heterocycles. The molecule has 0 saturated heterocycles. The molecule has 7 nitrogen and oxygen atoms in total. The Labute approximate surface area is 166 Å². The summed E-state index contributed by atoms with van der Waals surface area (Å²) in [5, 5.41) is 7.02. The van der Waals surface area contributed by atoms with Crippen LogP contribution >= 0.6 is 11.6 Å². The maximum atomic E-state index is 11.9. The van der Waals surface area contributed by atoms with E-state index in [9.17, 15) is 9.59 Å². The molecule has 0 bridgehead atoms. The van der Waals surface area contributed by atoms with Gasteiger partial charge in [-0.15, -0.1) is 0 Å². The van der Waals surface area contributed by atoms with Crippen molar-refractivity contribution in [1.82, 2.24) is 15.5 Å². The Morgan fingerprint density at radius 2 is 1.82 bits per heavy atom. The predicted octanol–water partition coefficient (Wildman–Crippen LogP) is 3.18. The minimum Gasteiger partial charge on any atom is -0.460 e. The van der Waals surface area contributed by atoms with Crippen molar-refractivity contribution in [3.63, 3.8) is 0 Å². The van der Waals surface area contributed by atoms with Crippen LogP contribution in [0.15, 0.2) is 59.1 Å². The number of hydrogen-bond acceptors (Lipinski definition) is 6. The number of aromatic nitrogens is 2. The quantitative estimate of drug-likeness (QED) is 0.584. The number of rotatable bonds is 8. The van der Waals surface area contributed by atoms with Crippen LogP contribution in [0.3, 0.4) is 0 Å². The standard InChI is InChI=1S/C20H18ClN3O4/c21-16-8-6-15(7-9-16)20-23-18(28-24-20)11-10-17(25)22-12-19(26)27-13-14-4-2-1-3-5-14/h1-9H,10-13H2,(H,22,25). The summed E-state index contributed by atoms with van der Waals surface area (Å²) in [6.07, 6.45) is 0.389. The lowest BCUT2D eigenvalue weighted by Crippen LogP contribution is -2.30. The summed E-state index contributed by atoms with van der Waals surface area (Å²) >= 11 is 5.85. The summed E-state index contributed by atoms with van der Waals surface area (Å²) in [7, 11) is 0. The van der Waals surface area contributed by atoms with E-state index < -0.39 is 5.97 Å². The van der Waals surface area contributed by atoms with E-state index in [1.54, 1.807) is 24.3 Å². The van der Waals surface area contributed by atoms with Crippen molar-refractivity contribution in [2.45, 2.75) is 19.4 Å². The number of hydrogen-bond donors (Lipinski definition) is 1. The lowest BCUT2D eigenvalue weighted by molar-refractivity contribution is -0.145. The molecule has 0 aliphatic carbocycles. The molecular formula is C20H18ClN3O4. The van der Waals surface area contributed by atoms with Gasteiger partial charge in [-0.05, 0) is 29.8 Å². The Kier molecular flexibility index (Phi) is 6.75. The number of esters is 1. The highest BCUT2D eigenvalue weighted by Gasteiger charge is 2.12. The largest absolute Gasteiger partial charge is 0.460 e. The summed E-state index contributed by atoms with van der Waals surface area (Å²) in [6, 6.07) is 16.3. The Bertz CT molecular complexity index is 926. The Morgan fingerprint density at radius 3 is 2.57 bits per heavy atom. The van der Waals surface area contributed by atoms with Gasteiger partial charge in [0.15, 0.2) is 0 Å². The van der Waals surface area contributed by atoms with Gasteiger partial charge in [-0.3, -0.25) is 9.59 Å². The maximum Gasteiger partial charge on any atom is 0.325 e. The first-order valence-electron chi connectivity index (χ1n) is 8.65. The normalized spacial score (nSPS) is 10.5. The van der Waals surface area contributed by atoms with Crippen LogP contribution in [-0.4, -0.2) is 28.6 Å². The molecule has 3 aromatic rings. The molecule has 0 spiro atoms. The molecule has 1 heterocycles. The zero-order chi connectivity index (χ0) is 19.8. The van der Waals surface area contributed by atoms with Gasteiger partial charge in [0.1, 0.15) is 13.2 Å². The second kappa shape index (κ2) is 9.66. The van der Waals surface area contributed by atoms with Crippen molar-refractivity contribution < 1.29 is 18.8 Å². The summed E-state index contributed by atoms with van der Waals surface area (Å²) in [5.41, 5.74) is 1.65. The van der Waals surface area contributed by atoms with E-state index in [-0.39, 0.29) is 31.9 Å². The average Bonchev–Trinajstić information content (AvgIpc) is 3.19. The molecule has 0 aliphatic rings. The van der Waals surface area contributed by atoms with Gasteiger partial charge in [-0.1, -0.05) is 47.1 Å². The van der Waals surface area contributed by atoms with E-state index in [4.69, 9.17) is 20.9 Å². The number of aryl methyl sites for hydroxylation is 1. The third-order valence-electron chi connectivity index (χ3n) is 3.81. The van der Waals surface area contributed by atoms with E-state index in [0.717, 1.165) is 11.1 Å². The molecule has 0 unspecified atom stereocenters. The Hall–Kier alpha value is -3.19. The summed E-state index contributed by atoms with van der Waals surface area (Å²) in [5.74, 6) is -0.0359. The van der Waals surface area contributed by atoms with Crippen molar-refractivity contribution in [3.05, 3.63) is 71.1 Å². The van der Waals surface area contributed by atoms with Crippen LogP contribution < -0.4 is 5.32 Å². The minimum absolute atomic E-state index is 0.119. The van der Waals surface area contributed by atoms with Crippen molar-refractivity contribution >= 4 is 23.5 Å². The summed E-state index contributed by atoms with van der Waals surface area (Å²) < 4.78 is 10.2. The molecule has 0 fully saturated rings. The second-order valence-electron chi connectivity index (χ2n) is 5.94. The summed E-state index contributed by atoms with van der Waals surface area (Å²) in [4.78, 5) is 27.8. The van der Waals surface area contributed by atoms with Crippen LogP contribution in [0.25, 0.3) is 11.4 Å². The van der Waals surface area contributed by atoms with E-state index in [0.29, 0.717) is 16.7 Å². The van der Waals surface area contributed by atoms with Gasteiger partial charge in [-0.25, -0.2) is 0 Å². The van der Waals surface area contributed by atoms with Crippen molar-refractivity contribution in [2.24, 2.45) is 0 Å². The van der Waals surface area contributed by atoms with Gasteiger partial charge in [0.05, 0.1) is 0 Å². The van der Waals surface area contributed by atoms with Crippen LogP contribution in [0.2, 0.25) is 5.02 Å². The average molecular weight is 400 g/mol. The van der Waals surface area contributed by atoms with E-state index >= 15 is 0 Å². The predicted molar refractivity (Wildman–Crippen MR) is 102 cm³/mol. The van der Waals surface area contributed by atoms with Crippen LogP contribution in [0.1, 0.15) is 17.9 Å². The van der Waals surface area contributed by atoms with Gasteiger partial charge < -0.3 is 14.6 Å². The van der Waals surface area contributed by atoms with Crippen LogP contribution in [-0.2, 0) is 27.4 Å². The molecule has 0 radical (unpaired) electrons. The van der Waals surface area contributed by atoms with Gasteiger partial charge in [0, 0.05) is 23.4 Å². The topological polar surface area (TPSA) is 94.3 Å². The van der Waals surface area contributed by atoms with E-state index in [1.807, 2.05) is 30.3 Å². The third-order valence-corrected chi connectivity index (χ3v) is 4.06. The van der Waals surface area contributed by atoms with Gasteiger partial charge in [0.2, 0.25) is 17.6 Å². The Balaban J connectivity index is 1.38. The van der Waals surface area contributed by atoms with E-state index in [2.05, 4.69) is 15.5 Å². The molecule has 0 saturated carbocycles. The number of nitrogens with zero attached hydrogens (tertiary/aromatic N) is 2. The van der Waals surface area contributed by atoms with Gasteiger partial charge >= 0.3 is 5.97 Å². The molecule has 2 aromatic carbocycles. The molecular weight excluding hydrogens is 382 g/mol. The second-order valence-corrected chi connectivity index (χ2v) is 6.38. The molecule has 1 N–H and O–H groups in total. The lowest BCUT2D eigenvalue weighted by atomic mass is 10.2. The van der Waals surface area contributed by atoms with Crippen molar-refractivity contribution in [2.75, 3.05) is 6.54 Å². The highest BCUT2D eigenvalue weighted by atomic mass is 35.5. The number of carbonyl (C=O) groups excluding carboxylic acids is 2. The number of benzene rings is 2. The summed E-state index contributed by atoms with van der Waals surface area (Å²) in [6.45, 7) is -0.0173. The molecule has 144 valence electrons. The number of nitrogens with one attached hydrogen (secondary N) is 1. The fourth-order valence-electron chi connectivity index (χ4n) is 2.34. The smallest absolute Gasteiger partial charge is 0.325 e. The van der Waals surface area contributed by atoms with Crippen molar-refractivity contribution in [3.8, 4) is 11.4 Å². The van der Waals surface area contributed by atoms with Gasteiger partial charge in [-0.2, -0.15) is 4.98 Å². The third kappa shape index (κ3) is 5.92. The molecule has 3 rings (SSSR count). The molecule has 0 atom stereocenters. The number of carbonyl (C=O) groups is 2. The van der Waals surface area contributed by atoms with E-state index in [1.165, 1.54) is 0 Å². The first-order chi connectivity index (χ1) is 13.6. The molecule has 1 amide bonds. The monoisotopic (exact) mass is 399 g/mol.